The Labute approximate surface area is 115 Å². The molecule has 2 atom stereocenters. The van der Waals surface area contributed by atoms with E-state index in [1.807, 2.05) is 6.07 Å². The van der Waals surface area contributed by atoms with Crippen molar-refractivity contribution in [3.63, 3.8) is 0 Å². The number of hydrogen-bond acceptors (Lipinski definition) is 2. The fourth-order valence-corrected chi connectivity index (χ4v) is 3.06. The van der Waals surface area contributed by atoms with E-state index in [2.05, 4.69) is 41.0 Å². The van der Waals surface area contributed by atoms with Gasteiger partial charge < -0.3 is 9.80 Å². The molecule has 3 rings (SSSR count). The Morgan fingerprint density at radius 3 is 2.47 bits per heavy atom. The van der Waals surface area contributed by atoms with Crippen LogP contribution in [0.15, 0.2) is 30.3 Å². The molecule has 19 heavy (non-hydrogen) atoms. The fraction of sp³-hybridized carbons (Fsp3) is 0.562. The minimum absolute atomic E-state index is 0.246. The highest BCUT2D eigenvalue weighted by Crippen LogP contribution is 2.48. The Balaban J connectivity index is 1.56. The number of benzene rings is 1. The summed E-state index contributed by atoms with van der Waals surface area (Å²) in [6, 6.07) is 10.5. The molecule has 0 spiro atoms. The van der Waals surface area contributed by atoms with Gasteiger partial charge in [0.15, 0.2) is 0 Å². The van der Waals surface area contributed by atoms with E-state index in [-0.39, 0.29) is 5.92 Å². The first-order chi connectivity index (χ1) is 9.29. The minimum Gasteiger partial charge on any atom is -0.340 e. The molecule has 102 valence electrons. The van der Waals surface area contributed by atoms with Gasteiger partial charge in [0.25, 0.3) is 0 Å². The molecule has 2 fully saturated rings. The molecule has 1 saturated carbocycles. The minimum atomic E-state index is 0.246. The monoisotopic (exact) mass is 258 g/mol. The van der Waals surface area contributed by atoms with E-state index in [9.17, 15) is 4.79 Å². The molecule has 3 heteroatoms. The standard InChI is InChI=1S/C16H22N2O/c1-2-17-8-10-18(11-9-17)16(19)15-12-14(15)13-6-4-3-5-7-13/h3-7,14-15H,2,8-12H2,1H3/t14-,15+/m0/s1. The van der Waals surface area contributed by atoms with Gasteiger partial charge in [-0.05, 0) is 24.4 Å². The average Bonchev–Trinajstić information content (AvgIpc) is 3.28. The molecule has 0 unspecified atom stereocenters. The van der Waals surface area contributed by atoms with Gasteiger partial charge in [-0.2, -0.15) is 0 Å². The van der Waals surface area contributed by atoms with Gasteiger partial charge in [0, 0.05) is 32.1 Å². The lowest BCUT2D eigenvalue weighted by Gasteiger charge is -2.34. The molecule has 1 saturated heterocycles. The highest BCUT2D eigenvalue weighted by atomic mass is 16.2. The number of hydrogen-bond donors (Lipinski definition) is 0. The van der Waals surface area contributed by atoms with E-state index in [0.29, 0.717) is 11.8 Å². The lowest BCUT2D eigenvalue weighted by atomic mass is 10.1. The molecular weight excluding hydrogens is 236 g/mol. The van der Waals surface area contributed by atoms with Crippen LogP contribution >= 0.6 is 0 Å². The third-order valence-electron chi connectivity index (χ3n) is 4.47. The van der Waals surface area contributed by atoms with Crippen LogP contribution in [0.4, 0.5) is 0 Å². The van der Waals surface area contributed by atoms with Gasteiger partial charge in [-0.25, -0.2) is 0 Å². The maximum atomic E-state index is 12.4. The van der Waals surface area contributed by atoms with E-state index >= 15 is 0 Å². The van der Waals surface area contributed by atoms with Crippen molar-refractivity contribution in [2.24, 2.45) is 5.92 Å². The topological polar surface area (TPSA) is 23.6 Å². The molecule has 1 amide bonds. The third-order valence-corrected chi connectivity index (χ3v) is 4.47. The third kappa shape index (κ3) is 2.66. The summed E-state index contributed by atoms with van der Waals surface area (Å²) < 4.78 is 0. The maximum absolute atomic E-state index is 12.4. The molecule has 2 aliphatic rings. The van der Waals surface area contributed by atoms with Gasteiger partial charge in [-0.3, -0.25) is 4.79 Å². The molecule has 1 aromatic rings. The van der Waals surface area contributed by atoms with Crippen molar-refractivity contribution in [1.29, 1.82) is 0 Å². The molecule has 0 aromatic heterocycles. The number of amides is 1. The van der Waals surface area contributed by atoms with Crippen LogP contribution in [-0.4, -0.2) is 48.4 Å². The van der Waals surface area contributed by atoms with Crippen molar-refractivity contribution in [3.8, 4) is 0 Å². The number of likely N-dealkylation sites (N-methyl/N-ethyl adjacent to an activating group) is 1. The van der Waals surface area contributed by atoms with Crippen LogP contribution in [0.3, 0.4) is 0 Å². The van der Waals surface area contributed by atoms with E-state index in [0.717, 1.165) is 39.1 Å². The summed E-state index contributed by atoms with van der Waals surface area (Å²) >= 11 is 0. The highest BCUT2D eigenvalue weighted by molar-refractivity contribution is 5.83. The lowest BCUT2D eigenvalue weighted by molar-refractivity contribution is -0.134. The molecule has 1 aliphatic heterocycles. The van der Waals surface area contributed by atoms with Gasteiger partial charge in [0.1, 0.15) is 0 Å². The summed E-state index contributed by atoms with van der Waals surface area (Å²) in [5.41, 5.74) is 1.33. The maximum Gasteiger partial charge on any atom is 0.226 e. The van der Waals surface area contributed by atoms with Crippen LogP contribution < -0.4 is 0 Å². The Bertz CT molecular complexity index is 437. The second kappa shape index (κ2) is 5.33. The summed E-state index contributed by atoms with van der Waals surface area (Å²) in [6.45, 7) is 7.16. The first kappa shape index (κ1) is 12.7. The predicted octanol–water partition coefficient (Wildman–Crippen LogP) is 1.95. The second-order valence-electron chi connectivity index (χ2n) is 5.62. The first-order valence-electron chi connectivity index (χ1n) is 7.35. The number of nitrogens with zero attached hydrogens (tertiary/aromatic N) is 2. The quantitative estimate of drug-likeness (QED) is 0.827. The van der Waals surface area contributed by atoms with Gasteiger partial charge in [-0.1, -0.05) is 37.3 Å². The summed E-state index contributed by atoms with van der Waals surface area (Å²) in [7, 11) is 0. The van der Waals surface area contributed by atoms with Crippen molar-refractivity contribution in [3.05, 3.63) is 35.9 Å². The zero-order valence-corrected chi connectivity index (χ0v) is 11.6. The Hall–Kier alpha value is -1.35. The highest BCUT2D eigenvalue weighted by Gasteiger charge is 2.45. The van der Waals surface area contributed by atoms with Crippen LogP contribution in [0, 0.1) is 5.92 Å². The van der Waals surface area contributed by atoms with Crippen LogP contribution in [0.2, 0.25) is 0 Å². The fourth-order valence-electron chi connectivity index (χ4n) is 3.06. The van der Waals surface area contributed by atoms with Crippen molar-refractivity contribution in [1.82, 2.24) is 9.80 Å². The lowest BCUT2D eigenvalue weighted by Crippen LogP contribution is -2.49. The van der Waals surface area contributed by atoms with Crippen molar-refractivity contribution < 1.29 is 4.79 Å². The van der Waals surface area contributed by atoms with Crippen LogP contribution in [0.25, 0.3) is 0 Å². The number of piperazine rings is 1. The molecule has 0 N–H and O–H groups in total. The second-order valence-corrected chi connectivity index (χ2v) is 5.62. The van der Waals surface area contributed by atoms with Gasteiger partial charge in [0.05, 0.1) is 0 Å². The SMILES string of the molecule is CCN1CCN(C(=O)[C@@H]2C[C@H]2c2ccccc2)CC1. The van der Waals surface area contributed by atoms with Crippen molar-refractivity contribution in [2.45, 2.75) is 19.3 Å². The first-order valence-corrected chi connectivity index (χ1v) is 7.35. The summed E-state index contributed by atoms with van der Waals surface area (Å²) in [5, 5.41) is 0. The zero-order chi connectivity index (χ0) is 13.2. The van der Waals surface area contributed by atoms with Crippen molar-refractivity contribution >= 4 is 5.91 Å². The van der Waals surface area contributed by atoms with Crippen LogP contribution in [0.1, 0.15) is 24.8 Å². The average molecular weight is 258 g/mol. The Kier molecular flexibility index (Phi) is 3.56. The molecule has 0 radical (unpaired) electrons. The predicted molar refractivity (Wildman–Crippen MR) is 76.0 cm³/mol. The van der Waals surface area contributed by atoms with Crippen LogP contribution in [0.5, 0.6) is 0 Å². The Morgan fingerprint density at radius 1 is 1.16 bits per heavy atom. The molecule has 1 aliphatic carbocycles. The molecule has 0 bridgehead atoms. The van der Waals surface area contributed by atoms with Gasteiger partial charge in [-0.15, -0.1) is 0 Å². The summed E-state index contributed by atoms with van der Waals surface area (Å²) in [5.74, 6) is 1.10. The summed E-state index contributed by atoms with van der Waals surface area (Å²) in [4.78, 5) is 16.9. The normalized spacial score (nSPS) is 27.3. The van der Waals surface area contributed by atoms with Gasteiger partial charge in [0.2, 0.25) is 5.91 Å². The molecule has 1 heterocycles. The number of carbonyl (C=O) groups excluding carboxylic acids is 1. The molecule has 1 aromatic carbocycles. The van der Waals surface area contributed by atoms with Gasteiger partial charge >= 0.3 is 0 Å². The van der Waals surface area contributed by atoms with E-state index in [4.69, 9.17) is 0 Å². The van der Waals surface area contributed by atoms with E-state index in [1.54, 1.807) is 0 Å². The summed E-state index contributed by atoms with van der Waals surface area (Å²) in [6.07, 6.45) is 1.04. The van der Waals surface area contributed by atoms with Crippen LogP contribution in [-0.2, 0) is 4.79 Å². The largest absolute Gasteiger partial charge is 0.340 e. The molecule has 3 nitrogen and oxygen atoms in total. The number of rotatable bonds is 3. The zero-order valence-electron chi connectivity index (χ0n) is 11.6. The van der Waals surface area contributed by atoms with E-state index in [1.165, 1.54) is 5.56 Å². The van der Waals surface area contributed by atoms with Crippen molar-refractivity contribution in [2.75, 3.05) is 32.7 Å². The van der Waals surface area contributed by atoms with E-state index < -0.39 is 0 Å². The smallest absolute Gasteiger partial charge is 0.226 e. The Morgan fingerprint density at radius 2 is 1.84 bits per heavy atom. The number of carbonyl (C=O) groups is 1. The molecular formula is C16H22N2O.